The Morgan fingerprint density at radius 2 is 2.37 bits per heavy atom. The molecule has 1 amide bonds. The Balaban J connectivity index is 1.66. The van der Waals surface area contributed by atoms with E-state index in [1.807, 2.05) is 13.0 Å². The van der Waals surface area contributed by atoms with Gasteiger partial charge in [0, 0.05) is 19.3 Å². The molecule has 0 spiro atoms. The molecular weight excluding hydrogens is 262 g/mol. The average Bonchev–Trinajstić information content (AvgIpc) is 2.95. The Morgan fingerprint density at radius 3 is 2.95 bits per heavy atom. The maximum absolute atomic E-state index is 12.2. The largest absolute Gasteiger partial charge is 0.333 e. The van der Waals surface area contributed by atoms with Gasteiger partial charge in [0.1, 0.15) is 10.9 Å². The average molecular weight is 273 g/mol. The van der Waals surface area contributed by atoms with Crippen molar-refractivity contribution in [3.63, 3.8) is 0 Å². The van der Waals surface area contributed by atoms with Crippen molar-refractivity contribution in [3.8, 4) is 6.07 Å². The minimum absolute atomic E-state index is 0.0314. The summed E-state index contributed by atoms with van der Waals surface area (Å²) in [5.41, 5.74) is 3.01. The molecule has 7 heteroatoms. The standard InChI is InChI=1S/C12H11N5OS/c1-8-11(19-7-14-8)12(18)16-5-10(6-16)17-4-9(2-13)3-15-17/h3-4,7,10H,5-6H2,1H3. The summed E-state index contributed by atoms with van der Waals surface area (Å²) in [5, 5.41) is 12.9. The summed E-state index contributed by atoms with van der Waals surface area (Å²) in [4.78, 5) is 18.7. The lowest BCUT2D eigenvalue weighted by Gasteiger charge is -2.38. The van der Waals surface area contributed by atoms with Gasteiger partial charge in [0.2, 0.25) is 0 Å². The fourth-order valence-electron chi connectivity index (χ4n) is 2.03. The molecule has 0 bridgehead atoms. The first-order valence-electron chi connectivity index (χ1n) is 5.82. The summed E-state index contributed by atoms with van der Waals surface area (Å²) in [5.74, 6) is 0.0314. The van der Waals surface area contributed by atoms with Crippen molar-refractivity contribution in [1.82, 2.24) is 19.7 Å². The number of hydrogen-bond acceptors (Lipinski definition) is 5. The minimum atomic E-state index is 0.0314. The lowest BCUT2D eigenvalue weighted by Crippen LogP contribution is -2.50. The monoisotopic (exact) mass is 273 g/mol. The zero-order valence-electron chi connectivity index (χ0n) is 10.3. The molecule has 96 valence electrons. The number of thiazole rings is 1. The number of carbonyl (C=O) groups is 1. The Labute approximate surface area is 113 Å². The molecule has 1 fully saturated rings. The van der Waals surface area contributed by atoms with E-state index in [2.05, 4.69) is 10.1 Å². The first-order valence-corrected chi connectivity index (χ1v) is 6.70. The number of aromatic nitrogens is 3. The highest BCUT2D eigenvalue weighted by atomic mass is 32.1. The molecule has 2 aromatic heterocycles. The molecule has 0 N–H and O–H groups in total. The van der Waals surface area contributed by atoms with Gasteiger partial charge in [-0.05, 0) is 6.92 Å². The Morgan fingerprint density at radius 1 is 1.58 bits per heavy atom. The lowest BCUT2D eigenvalue weighted by atomic mass is 10.1. The quantitative estimate of drug-likeness (QED) is 0.824. The molecular formula is C12H11N5OS. The van der Waals surface area contributed by atoms with Crippen LogP contribution in [-0.2, 0) is 0 Å². The summed E-state index contributed by atoms with van der Waals surface area (Å²) >= 11 is 1.37. The molecule has 3 heterocycles. The van der Waals surface area contributed by atoms with Crippen LogP contribution in [0.25, 0.3) is 0 Å². The fourth-order valence-corrected chi connectivity index (χ4v) is 2.80. The predicted molar refractivity (Wildman–Crippen MR) is 68.7 cm³/mol. The van der Waals surface area contributed by atoms with Crippen LogP contribution in [0.2, 0.25) is 0 Å². The van der Waals surface area contributed by atoms with Gasteiger partial charge in [0.15, 0.2) is 0 Å². The number of carbonyl (C=O) groups excluding carboxylic acids is 1. The topological polar surface area (TPSA) is 74.8 Å². The maximum Gasteiger partial charge on any atom is 0.265 e. The SMILES string of the molecule is Cc1ncsc1C(=O)N1CC(n2cc(C#N)cn2)C1. The van der Waals surface area contributed by atoms with E-state index in [0.29, 0.717) is 23.5 Å². The molecule has 1 aliphatic rings. The highest BCUT2D eigenvalue weighted by molar-refractivity contribution is 7.11. The van der Waals surface area contributed by atoms with Crippen molar-refractivity contribution in [2.45, 2.75) is 13.0 Å². The van der Waals surface area contributed by atoms with Gasteiger partial charge in [-0.1, -0.05) is 0 Å². The predicted octanol–water partition coefficient (Wildman–Crippen LogP) is 1.22. The highest BCUT2D eigenvalue weighted by Gasteiger charge is 2.34. The number of nitrogens with zero attached hydrogens (tertiary/aromatic N) is 5. The van der Waals surface area contributed by atoms with E-state index in [-0.39, 0.29) is 11.9 Å². The van der Waals surface area contributed by atoms with E-state index in [4.69, 9.17) is 5.26 Å². The summed E-state index contributed by atoms with van der Waals surface area (Å²) in [6.45, 7) is 3.10. The highest BCUT2D eigenvalue weighted by Crippen LogP contribution is 2.25. The third-order valence-corrected chi connectivity index (χ3v) is 4.11. The number of aryl methyl sites for hydroxylation is 1. The first kappa shape index (κ1) is 11.9. The third kappa shape index (κ3) is 2.00. The number of likely N-dealkylation sites (tertiary alicyclic amines) is 1. The van der Waals surface area contributed by atoms with Crippen molar-refractivity contribution in [1.29, 1.82) is 5.26 Å². The Bertz CT molecular complexity index is 662. The third-order valence-electron chi connectivity index (χ3n) is 3.19. The van der Waals surface area contributed by atoms with Crippen LogP contribution in [0.15, 0.2) is 17.9 Å². The number of nitriles is 1. The van der Waals surface area contributed by atoms with Gasteiger partial charge in [-0.2, -0.15) is 10.4 Å². The van der Waals surface area contributed by atoms with Crippen LogP contribution in [0.1, 0.15) is 27.0 Å². The number of rotatable bonds is 2. The zero-order chi connectivity index (χ0) is 13.4. The summed E-state index contributed by atoms with van der Waals surface area (Å²) in [6, 6.07) is 2.21. The molecule has 1 saturated heterocycles. The number of hydrogen-bond donors (Lipinski definition) is 0. The van der Waals surface area contributed by atoms with Crippen LogP contribution >= 0.6 is 11.3 Å². The van der Waals surface area contributed by atoms with Crippen LogP contribution in [0.3, 0.4) is 0 Å². The normalized spacial score (nSPS) is 15.1. The second-order valence-corrected chi connectivity index (χ2v) is 5.31. The zero-order valence-corrected chi connectivity index (χ0v) is 11.1. The van der Waals surface area contributed by atoms with Gasteiger partial charge in [-0.15, -0.1) is 11.3 Å². The molecule has 0 aliphatic carbocycles. The molecule has 0 radical (unpaired) electrons. The molecule has 3 rings (SSSR count). The molecule has 6 nitrogen and oxygen atoms in total. The van der Waals surface area contributed by atoms with Gasteiger partial charge in [0.05, 0.1) is 29.0 Å². The van der Waals surface area contributed by atoms with Crippen LogP contribution in [0.5, 0.6) is 0 Å². The van der Waals surface area contributed by atoms with E-state index >= 15 is 0 Å². The van der Waals surface area contributed by atoms with Crippen LogP contribution in [-0.4, -0.2) is 38.7 Å². The first-order chi connectivity index (χ1) is 9.19. The molecule has 0 saturated carbocycles. The van der Waals surface area contributed by atoms with Crippen molar-refractivity contribution in [2.75, 3.05) is 13.1 Å². The molecule has 19 heavy (non-hydrogen) atoms. The second-order valence-electron chi connectivity index (χ2n) is 4.45. The van der Waals surface area contributed by atoms with E-state index < -0.39 is 0 Å². The molecule has 2 aromatic rings. The molecule has 0 atom stereocenters. The maximum atomic E-state index is 12.2. The minimum Gasteiger partial charge on any atom is -0.333 e. The van der Waals surface area contributed by atoms with E-state index in [1.165, 1.54) is 17.5 Å². The van der Waals surface area contributed by atoms with Gasteiger partial charge in [-0.3, -0.25) is 9.48 Å². The molecule has 0 unspecified atom stereocenters. The van der Waals surface area contributed by atoms with Gasteiger partial charge in [0.25, 0.3) is 5.91 Å². The molecule has 0 aromatic carbocycles. The van der Waals surface area contributed by atoms with Crippen LogP contribution in [0.4, 0.5) is 0 Å². The number of amides is 1. The van der Waals surface area contributed by atoms with E-state index in [9.17, 15) is 4.79 Å². The van der Waals surface area contributed by atoms with Crippen molar-refractivity contribution >= 4 is 17.2 Å². The van der Waals surface area contributed by atoms with Gasteiger partial charge in [-0.25, -0.2) is 4.98 Å². The van der Waals surface area contributed by atoms with Gasteiger partial charge >= 0.3 is 0 Å². The molecule has 1 aliphatic heterocycles. The second kappa shape index (κ2) is 4.48. The van der Waals surface area contributed by atoms with Crippen molar-refractivity contribution < 1.29 is 4.79 Å². The lowest BCUT2D eigenvalue weighted by molar-refractivity contribution is 0.0505. The van der Waals surface area contributed by atoms with Crippen molar-refractivity contribution in [3.05, 3.63) is 34.0 Å². The summed E-state index contributed by atoms with van der Waals surface area (Å²) in [6.07, 6.45) is 3.25. The summed E-state index contributed by atoms with van der Waals surface area (Å²) in [7, 11) is 0. The van der Waals surface area contributed by atoms with Crippen LogP contribution < -0.4 is 0 Å². The van der Waals surface area contributed by atoms with Gasteiger partial charge < -0.3 is 4.90 Å². The van der Waals surface area contributed by atoms with E-state index in [1.54, 1.807) is 21.3 Å². The van der Waals surface area contributed by atoms with E-state index in [0.717, 1.165) is 5.69 Å². The Hall–Kier alpha value is -2.20. The smallest absolute Gasteiger partial charge is 0.265 e. The fraction of sp³-hybridized carbons (Fsp3) is 0.333. The summed E-state index contributed by atoms with van der Waals surface area (Å²) < 4.78 is 1.75. The Kier molecular flexibility index (Phi) is 2.80. The van der Waals surface area contributed by atoms with Crippen molar-refractivity contribution in [2.24, 2.45) is 0 Å². The van der Waals surface area contributed by atoms with Crippen LogP contribution in [0, 0.1) is 18.3 Å².